The van der Waals surface area contributed by atoms with Crippen LogP contribution < -0.4 is 16.4 Å². The van der Waals surface area contributed by atoms with Gasteiger partial charge in [-0.25, -0.2) is 4.79 Å². The molecule has 0 spiro atoms. The van der Waals surface area contributed by atoms with Gasteiger partial charge in [0.05, 0.1) is 18.0 Å². The monoisotopic (exact) mass is 271 g/mol. The lowest BCUT2D eigenvalue weighted by atomic mass is 10.2. The van der Waals surface area contributed by atoms with Crippen molar-refractivity contribution in [1.82, 2.24) is 0 Å². The highest BCUT2D eigenvalue weighted by Crippen LogP contribution is 2.26. The molecule has 0 unspecified atom stereocenters. The van der Waals surface area contributed by atoms with E-state index in [2.05, 4.69) is 10.6 Å². The number of amides is 1. The lowest BCUT2D eigenvalue weighted by Crippen LogP contribution is -2.13. The van der Waals surface area contributed by atoms with Gasteiger partial charge in [0.2, 0.25) is 0 Å². The highest BCUT2D eigenvalue weighted by molar-refractivity contribution is 5.87. The summed E-state index contributed by atoms with van der Waals surface area (Å²) in [5.41, 5.74) is 8.84. The van der Waals surface area contributed by atoms with Gasteiger partial charge < -0.3 is 15.8 Å². The number of hydrogen-bond acceptors (Lipinski definition) is 4. The fourth-order valence-electron chi connectivity index (χ4n) is 1.72. The van der Waals surface area contributed by atoms with Gasteiger partial charge >= 0.3 is 6.09 Å². The Morgan fingerprint density at radius 2 is 1.90 bits per heavy atom. The summed E-state index contributed by atoms with van der Waals surface area (Å²) >= 11 is 0. The first-order chi connectivity index (χ1) is 9.69. The summed E-state index contributed by atoms with van der Waals surface area (Å²) in [5.74, 6) is 0. The number of ether oxygens (including phenoxy) is 1. The normalized spacial score (nSPS) is 9.85. The zero-order valence-electron chi connectivity index (χ0n) is 11.2. The molecule has 2 aromatic carbocycles. The van der Waals surface area contributed by atoms with Crippen molar-refractivity contribution < 1.29 is 9.53 Å². The van der Waals surface area contributed by atoms with Crippen LogP contribution in [0.2, 0.25) is 0 Å². The molecule has 2 rings (SSSR count). The van der Waals surface area contributed by atoms with E-state index in [9.17, 15) is 4.79 Å². The van der Waals surface area contributed by atoms with Crippen LogP contribution in [0.4, 0.5) is 27.5 Å². The van der Waals surface area contributed by atoms with Gasteiger partial charge in [0.15, 0.2) is 0 Å². The van der Waals surface area contributed by atoms with E-state index in [1.165, 1.54) is 0 Å². The van der Waals surface area contributed by atoms with Gasteiger partial charge in [-0.3, -0.25) is 5.32 Å². The standard InChI is InChI=1S/C15H17N3O2/c1-2-20-15(19)18-12-8-9-14(13(16)10-12)17-11-6-4-3-5-7-11/h3-10,17H,2,16H2,1H3,(H,18,19). The van der Waals surface area contributed by atoms with E-state index in [4.69, 9.17) is 10.5 Å². The molecule has 0 aliphatic heterocycles. The van der Waals surface area contributed by atoms with Crippen molar-refractivity contribution in [2.75, 3.05) is 23.0 Å². The van der Waals surface area contributed by atoms with Crippen LogP contribution in [0.3, 0.4) is 0 Å². The number of carbonyl (C=O) groups is 1. The van der Waals surface area contributed by atoms with Crippen molar-refractivity contribution in [3.63, 3.8) is 0 Å². The Labute approximate surface area is 117 Å². The van der Waals surface area contributed by atoms with Gasteiger partial charge in [-0.05, 0) is 37.3 Å². The zero-order chi connectivity index (χ0) is 14.4. The second-order valence-corrected chi connectivity index (χ2v) is 4.14. The minimum atomic E-state index is -0.490. The van der Waals surface area contributed by atoms with Crippen LogP contribution in [0.25, 0.3) is 0 Å². The van der Waals surface area contributed by atoms with Crippen LogP contribution >= 0.6 is 0 Å². The first-order valence-corrected chi connectivity index (χ1v) is 6.34. The number of benzene rings is 2. The van der Waals surface area contributed by atoms with Crippen molar-refractivity contribution in [2.45, 2.75) is 6.92 Å². The molecule has 0 radical (unpaired) electrons. The zero-order valence-corrected chi connectivity index (χ0v) is 11.2. The molecule has 5 heteroatoms. The smallest absolute Gasteiger partial charge is 0.411 e. The lowest BCUT2D eigenvalue weighted by molar-refractivity contribution is 0.168. The van der Waals surface area contributed by atoms with Crippen molar-refractivity contribution in [3.05, 3.63) is 48.5 Å². The molecule has 0 saturated heterocycles. The van der Waals surface area contributed by atoms with Crippen molar-refractivity contribution in [2.24, 2.45) is 0 Å². The van der Waals surface area contributed by atoms with Crippen molar-refractivity contribution >= 4 is 28.8 Å². The minimum Gasteiger partial charge on any atom is -0.450 e. The molecular formula is C15H17N3O2. The average Bonchev–Trinajstić information content (AvgIpc) is 2.43. The Hall–Kier alpha value is -2.69. The van der Waals surface area contributed by atoms with E-state index in [1.54, 1.807) is 19.1 Å². The van der Waals surface area contributed by atoms with Crippen molar-refractivity contribution in [1.29, 1.82) is 0 Å². The Balaban J connectivity index is 2.08. The number of hydrogen-bond donors (Lipinski definition) is 3. The fourth-order valence-corrected chi connectivity index (χ4v) is 1.72. The summed E-state index contributed by atoms with van der Waals surface area (Å²) in [7, 11) is 0. The van der Waals surface area contributed by atoms with E-state index in [1.807, 2.05) is 36.4 Å². The molecule has 104 valence electrons. The van der Waals surface area contributed by atoms with E-state index in [-0.39, 0.29) is 0 Å². The first kappa shape index (κ1) is 13.7. The molecule has 20 heavy (non-hydrogen) atoms. The summed E-state index contributed by atoms with van der Waals surface area (Å²) in [5, 5.41) is 5.81. The van der Waals surface area contributed by atoms with E-state index in [0.717, 1.165) is 11.4 Å². The predicted octanol–water partition coefficient (Wildman–Crippen LogP) is 3.58. The van der Waals surface area contributed by atoms with E-state index < -0.39 is 6.09 Å². The molecule has 0 bridgehead atoms. The molecule has 0 aliphatic rings. The molecule has 0 heterocycles. The maximum atomic E-state index is 11.3. The number of nitrogens with one attached hydrogen (secondary N) is 2. The minimum absolute atomic E-state index is 0.328. The summed E-state index contributed by atoms with van der Waals surface area (Å²) < 4.78 is 4.81. The first-order valence-electron chi connectivity index (χ1n) is 6.34. The van der Waals surface area contributed by atoms with E-state index >= 15 is 0 Å². The fraction of sp³-hybridized carbons (Fsp3) is 0.133. The molecule has 0 atom stereocenters. The quantitative estimate of drug-likeness (QED) is 0.743. The number of nitrogen functional groups attached to an aromatic ring is 1. The van der Waals surface area contributed by atoms with Crippen LogP contribution in [0, 0.1) is 0 Å². The maximum absolute atomic E-state index is 11.3. The highest BCUT2D eigenvalue weighted by atomic mass is 16.5. The van der Waals surface area contributed by atoms with Crippen molar-refractivity contribution in [3.8, 4) is 0 Å². The molecule has 5 nitrogen and oxygen atoms in total. The van der Waals surface area contributed by atoms with Crippen LogP contribution in [0.1, 0.15) is 6.92 Å². The third-order valence-corrected chi connectivity index (χ3v) is 2.63. The Morgan fingerprint density at radius 3 is 2.55 bits per heavy atom. The molecule has 2 aromatic rings. The molecule has 0 aliphatic carbocycles. The molecule has 0 saturated carbocycles. The molecule has 1 amide bonds. The van der Waals surface area contributed by atoms with Gasteiger partial charge in [-0.15, -0.1) is 0 Å². The van der Waals surface area contributed by atoms with Gasteiger partial charge in [0.1, 0.15) is 0 Å². The lowest BCUT2D eigenvalue weighted by Gasteiger charge is -2.11. The largest absolute Gasteiger partial charge is 0.450 e. The topological polar surface area (TPSA) is 76.4 Å². The summed E-state index contributed by atoms with van der Waals surface area (Å²) in [6.07, 6.45) is -0.490. The molecule has 4 N–H and O–H groups in total. The Kier molecular flexibility index (Phi) is 4.44. The second kappa shape index (κ2) is 6.47. The van der Waals surface area contributed by atoms with Crippen LogP contribution in [0.15, 0.2) is 48.5 Å². The van der Waals surface area contributed by atoms with Crippen LogP contribution in [-0.4, -0.2) is 12.7 Å². The highest BCUT2D eigenvalue weighted by Gasteiger charge is 2.05. The summed E-state index contributed by atoms with van der Waals surface area (Å²) in [6.45, 7) is 2.08. The van der Waals surface area contributed by atoms with Crippen LogP contribution in [-0.2, 0) is 4.74 Å². The summed E-state index contributed by atoms with van der Waals surface area (Å²) in [4.78, 5) is 11.3. The maximum Gasteiger partial charge on any atom is 0.411 e. The van der Waals surface area contributed by atoms with Gasteiger partial charge in [-0.1, -0.05) is 18.2 Å². The van der Waals surface area contributed by atoms with Gasteiger partial charge in [0, 0.05) is 11.4 Å². The Bertz CT molecular complexity index is 585. The van der Waals surface area contributed by atoms with Gasteiger partial charge in [-0.2, -0.15) is 0 Å². The van der Waals surface area contributed by atoms with E-state index in [0.29, 0.717) is 18.0 Å². The SMILES string of the molecule is CCOC(=O)Nc1ccc(Nc2ccccc2)c(N)c1. The molecule has 0 aromatic heterocycles. The predicted molar refractivity (Wildman–Crippen MR) is 81.2 cm³/mol. The van der Waals surface area contributed by atoms with Gasteiger partial charge in [0.25, 0.3) is 0 Å². The number of para-hydroxylation sites is 1. The average molecular weight is 271 g/mol. The molecule has 0 fully saturated rings. The Morgan fingerprint density at radius 1 is 1.15 bits per heavy atom. The number of carbonyl (C=O) groups excluding carboxylic acids is 1. The number of rotatable bonds is 4. The number of nitrogens with two attached hydrogens (primary N) is 1. The number of anilines is 4. The summed E-state index contributed by atoms with van der Waals surface area (Å²) in [6, 6.07) is 15.0. The molecular weight excluding hydrogens is 254 g/mol. The second-order valence-electron chi connectivity index (χ2n) is 4.14. The van der Waals surface area contributed by atoms with Crippen LogP contribution in [0.5, 0.6) is 0 Å². The third-order valence-electron chi connectivity index (χ3n) is 2.63. The third kappa shape index (κ3) is 3.65.